The summed E-state index contributed by atoms with van der Waals surface area (Å²) in [4.78, 5) is 17.6. The number of ether oxygens (including phenoxy) is 1. The molecule has 3 rings (SSSR count). The molecule has 3 N–H and O–H groups in total. The predicted octanol–water partition coefficient (Wildman–Crippen LogP) is 3.38. The molecular formula is C21H26N4O3S. The number of benzene rings is 1. The first-order chi connectivity index (χ1) is 14.0. The normalized spacial score (nSPS) is 15.4. The SMILES string of the molecule is COc1ccc(NC(=S)N2CCC(C(Cc3ccccc3)NC(=O)O)CC2)cn1. The van der Waals surface area contributed by atoms with E-state index in [-0.39, 0.29) is 12.0 Å². The molecule has 1 aliphatic heterocycles. The van der Waals surface area contributed by atoms with E-state index in [1.54, 1.807) is 19.4 Å². The second-order valence-electron chi connectivity index (χ2n) is 7.09. The van der Waals surface area contributed by atoms with Gasteiger partial charge in [0, 0.05) is 25.2 Å². The van der Waals surface area contributed by atoms with Gasteiger partial charge in [-0.15, -0.1) is 0 Å². The number of methoxy groups -OCH3 is 1. The molecule has 1 atom stereocenters. The second kappa shape index (κ2) is 10.1. The number of aromatic nitrogens is 1. The zero-order valence-electron chi connectivity index (χ0n) is 16.4. The van der Waals surface area contributed by atoms with Gasteiger partial charge in [-0.05, 0) is 49.0 Å². The predicted molar refractivity (Wildman–Crippen MR) is 116 cm³/mol. The van der Waals surface area contributed by atoms with Crippen molar-refractivity contribution >= 4 is 29.1 Å². The van der Waals surface area contributed by atoms with E-state index < -0.39 is 6.09 Å². The number of piperidine rings is 1. The molecule has 2 heterocycles. The van der Waals surface area contributed by atoms with Crippen molar-refractivity contribution in [3.8, 4) is 5.88 Å². The molecule has 0 saturated carbocycles. The highest BCUT2D eigenvalue weighted by atomic mass is 32.1. The highest BCUT2D eigenvalue weighted by Gasteiger charge is 2.28. The molecule has 1 aromatic heterocycles. The van der Waals surface area contributed by atoms with Crippen LogP contribution in [0, 0.1) is 5.92 Å². The number of carbonyl (C=O) groups is 1. The number of hydrogen-bond acceptors (Lipinski definition) is 4. The van der Waals surface area contributed by atoms with Crippen molar-refractivity contribution in [2.75, 3.05) is 25.5 Å². The summed E-state index contributed by atoms with van der Waals surface area (Å²) in [6.07, 6.45) is 3.15. The number of nitrogens with one attached hydrogen (secondary N) is 2. The van der Waals surface area contributed by atoms with E-state index in [0.717, 1.165) is 37.2 Å². The molecule has 29 heavy (non-hydrogen) atoms. The number of amides is 1. The summed E-state index contributed by atoms with van der Waals surface area (Å²) in [5.41, 5.74) is 1.95. The Kier molecular flexibility index (Phi) is 7.24. The van der Waals surface area contributed by atoms with E-state index in [1.807, 2.05) is 36.4 Å². The number of anilines is 1. The number of rotatable bonds is 6. The molecule has 0 radical (unpaired) electrons. The maximum Gasteiger partial charge on any atom is 0.404 e. The minimum Gasteiger partial charge on any atom is -0.481 e. The smallest absolute Gasteiger partial charge is 0.404 e. The van der Waals surface area contributed by atoms with Crippen LogP contribution in [-0.4, -0.2) is 52.4 Å². The number of likely N-dealkylation sites (tertiary alicyclic amines) is 1. The Labute approximate surface area is 176 Å². The molecule has 1 aromatic carbocycles. The van der Waals surface area contributed by atoms with Gasteiger partial charge in [0.15, 0.2) is 5.11 Å². The van der Waals surface area contributed by atoms with Crippen LogP contribution >= 0.6 is 12.2 Å². The summed E-state index contributed by atoms with van der Waals surface area (Å²) in [6, 6.07) is 13.5. The number of carboxylic acid groups (broad SMARTS) is 1. The standard InChI is InChI=1S/C21H26N4O3S/c1-28-19-8-7-17(14-22-19)23-20(29)25-11-9-16(10-12-25)18(24-21(26)27)13-15-5-3-2-4-6-15/h2-8,14,16,18,24H,9-13H2,1H3,(H,23,29)(H,26,27). The average Bonchev–Trinajstić information content (AvgIpc) is 2.74. The minimum absolute atomic E-state index is 0.107. The molecule has 2 aromatic rings. The molecule has 1 fully saturated rings. The molecule has 0 aliphatic carbocycles. The molecule has 8 heteroatoms. The monoisotopic (exact) mass is 414 g/mol. The van der Waals surface area contributed by atoms with Gasteiger partial charge in [0.05, 0.1) is 19.0 Å². The van der Waals surface area contributed by atoms with Gasteiger partial charge in [-0.2, -0.15) is 0 Å². The van der Waals surface area contributed by atoms with Gasteiger partial charge in [0.25, 0.3) is 0 Å². The van der Waals surface area contributed by atoms with E-state index in [2.05, 4.69) is 20.5 Å². The molecule has 1 unspecified atom stereocenters. The zero-order chi connectivity index (χ0) is 20.6. The van der Waals surface area contributed by atoms with Crippen LogP contribution in [0.15, 0.2) is 48.7 Å². The minimum atomic E-state index is -0.974. The third kappa shape index (κ3) is 6.05. The largest absolute Gasteiger partial charge is 0.481 e. The Morgan fingerprint density at radius 2 is 2.00 bits per heavy atom. The van der Waals surface area contributed by atoms with Crippen LogP contribution in [-0.2, 0) is 6.42 Å². The fraction of sp³-hybridized carbons (Fsp3) is 0.381. The first kappa shape index (κ1) is 20.9. The van der Waals surface area contributed by atoms with E-state index in [4.69, 9.17) is 17.0 Å². The number of pyridine rings is 1. The van der Waals surface area contributed by atoms with Gasteiger partial charge in [0.2, 0.25) is 5.88 Å². The Balaban J connectivity index is 1.55. The third-order valence-corrected chi connectivity index (χ3v) is 5.56. The molecule has 154 valence electrons. The van der Waals surface area contributed by atoms with Crippen molar-refractivity contribution in [1.29, 1.82) is 0 Å². The molecule has 1 aliphatic rings. The average molecular weight is 415 g/mol. The maximum atomic E-state index is 11.3. The highest BCUT2D eigenvalue weighted by molar-refractivity contribution is 7.80. The highest BCUT2D eigenvalue weighted by Crippen LogP contribution is 2.24. The van der Waals surface area contributed by atoms with Crippen LogP contribution < -0.4 is 15.4 Å². The maximum absolute atomic E-state index is 11.3. The van der Waals surface area contributed by atoms with Gasteiger partial charge < -0.3 is 25.4 Å². The lowest BCUT2D eigenvalue weighted by Crippen LogP contribution is -2.48. The quantitative estimate of drug-likeness (QED) is 0.625. The molecule has 7 nitrogen and oxygen atoms in total. The van der Waals surface area contributed by atoms with Gasteiger partial charge in [-0.1, -0.05) is 30.3 Å². The molecule has 0 bridgehead atoms. The van der Waals surface area contributed by atoms with Crippen molar-refractivity contribution in [3.05, 3.63) is 54.2 Å². The van der Waals surface area contributed by atoms with Crippen LogP contribution in [0.4, 0.5) is 10.5 Å². The summed E-state index contributed by atoms with van der Waals surface area (Å²) in [5.74, 6) is 0.825. The Morgan fingerprint density at radius 3 is 2.59 bits per heavy atom. The zero-order valence-corrected chi connectivity index (χ0v) is 17.2. The Hall–Kier alpha value is -2.87. The summed E-state index contributed by atoms with van der Waals surface area (Å²) in [5, 5.41) is 15.9. The Bertz CT molecular complexity index is 808. The summed E-state index contributed by atoms with van der Waals surface area (Å²) in [7, 11) is 1.58. The van der Waals surface area contributed by atoms with Crippen molar-refractivity contribution in [2.45, 2.75) is 25.3 Å². The van der Waals surface area contributed by atoms with Crippen molar-refractivity contribution in [2.24, 2.45) is 5.92 Å². The molecular weight excluding hydrogens is 388 g/mol. The van der Waals surface area contributed by atoms with Crippen LogP contribution in [0.1, 0.15) is 18.4 Å². The summed E-state index contributed by atoms with van der Waals surface area (Å²) in [6.45, 7) is 1.57. The molecule has 0 spiro atoms. The van der Waals surface area contributed by atoms with Crippen molar-refractivity contribution < 1.29 is 14.6 Å². The number of nitrogens with zero attached hydrogens (tertiary/aromatic N) is 2. The van der Waals surface area contributed by atoms with Gasteiger partial charge >= 0.3 is 6.09 Å². The fourth-order valence-electron chi connectivity index (χ4n) is 3.64. The number of thiocarbonyl (C=S) groups is 1. The summed E-state index contributed by atoms with van der Waals surface area (Å²) < 4.78 is 5.06. The Morgan fingerprint density at radius 1 is 1.28 bits per heavy atom. The molecule has 1 saturated heterocycles. The van der Waals surface area contributed by atoms with Gasteiger partial charge in [0.1, 0.15) is 0 Å². The van der Waals surface area contributed by atoms with E-state index >= 15 is 0 Å². The summed E-state index contributed by atoms with van der Waals surface area (Å²) >= 11 is 5.54. The molecule has 1 amide bonds. The topological polar surface area (TPSA) is 86.7 Å². The first-order valence-electron chi connectivity index (χ1n) is 9.64. The lowest BCUT2D eigenvalue weighted by molar-refractivity contribution is 0.171. The van der Waals surface area contributed by atoms with Crippen molar-refractivity contribution in [3.63, 3.8) is 0 Å². The lowest BCUT2D eigenvalue weighted by atomic mass is 9.86. The van der Waals surface area contributed by atoms with Gasteiger partial charge in [-0.3, -0.25) is 0 Å². The number of hydrogen-bond donors (Lipinski definition) is 3. The van der Waals surface area contributed by atoms with Crippen LogP contribution in [0.25, 0.3) is 0 Å². The van der Waals surface area contributed by atoms with Crippen LogP contribution in [0.2, 0.25) is 0 Å². The second-order valence-corrected chi connectivity index (χ2v) is 7.48. The van der Waals surface area contributed by atoms with Crippen molar-refractivity contribution in [1.82, 2.24) is 15.2 Å². The van der Waals surface area contributed by atoms with Gasteiger partial charge in [-0.25, -0.2) is 9.78 Å². The first-order valence-corrected chi connectivity index (χ1v) is 10.1. The van der Waals surface area contributed by atoms with E-state index in [0.29, 0.717) is 17.4 Å². The van der Waals surface area contributed by atoms with Crippen LogP contribution in [0.3, 0.4) is 0 Å². The van der Waals surface area contributed by atoms with Crippen LogP contribution in [0.5, 0.6) is 5.88 Å². The third-order valence-electron chi connectivity index (χ3n) is 5.20. The lowest BCUT2D eigenvalue weighted by Gasteiger charge is -2.37. The fourth-order valence-corrected chi connectivity index (χ4v) is 3.95. The van der Waals surface area contributed by atoms with E-state index in [9.17, 15) is 9.90 Å². The van der Waals surface area contributed by atoms with E-state index in [1.165, 1.54) is 0 Å².